The molecular formula is C89H58O53. The molecule has 1 saturated heterocycles. The van der Waals surface area contributed by atoms with E-state index in [2.05, 4.69) is 0 Å². The van der Waals surface area contributed by atoms with Crippen molar-refractivity contribution >= 4 is 71.6 Å². The first kappa shape index (κ1) is 98.2. The average Bonchev–Trinajstić information content (AvgIpc) is 0.770. The molecule has 28 N–H and O–H groups in total. The lowest BCUT2D eigenvalue weighted by molar-refractivity contribution is -0.250. The summed E-state index contributed by atoms with van der Waals surface area (Å²) >= 11 is 0. The smallest absolute Gasteiger partial charge is 0.343 e. The second-order valence-corrected chi connectivity index (χ2v) is 29.1. The lowest BCUT2D eigenvalue weighted by atomic mass is 10.0. The molecule has 1 aliphatic heterocycles. The zero-order chi connectivity index (χ0) is 104. The summed E-state index contributed by atoms with van der Waals surface area (Å²) in [6.45, 7) is -1.48. The number of ether oxygens (including phenoxy) is 13. The van der Waals surface area contributed by atoms with Crippen LogP contribution in [0.2, 0.25) is 0 Å². The molecule has 0 amide bonds. The Kier molecular flexibility index (Phi) is 26.7. The van der Waals surface area contributed by atoms with E-state index >= 15 is 9.59 Å². The van der Waals surface area contributed by atoms with Crippen LogP contribution in [0.25, 0.3) is 0 Å². The lowest BCUT2D eigenvalue weighted by Crippen LogP contribution is -2.58. The minimum atomic E-state index is -3.00. The average molecular weight is 1980 g/mol. The number of hydrogen-bond acceptors (Lipinski definition) is 53. The molecule has 0 radical (unpaired) electrons. The number of esters is 12. The molecule has 0 aliphatic carbocycles. The van der Waals surface area contributed by atoms with Crippen molar-refractivity contribution in [1.82, 2.24) is 0 Å². The van der Waals surface area contributed by atoms with Crippen molar-refractivity contribution in [2.45, 2.75) is 24.6 Å². The monoisotopic (exact) mass is 1970 g/mol. The number of carbonyl (C=O) groups is 12. The van der Waals surface area contributed by atoms with Gasteiger partial charge in [0.05, 0.1) is 73.4 Å². The topological polar surface area (TPSA) is 891 Å². The van der Waals surface area contributed by atoms with Gasteiger partial charge in [-0.1, -0.05) is 0 Å². The first-order valence-corrected chi connectivity index (χ1v) is 38.5. The number of aromatic hydroxyl groups is 28. The van der Waals surface area contributed by atoms with E-state index in [0.717, 1.165) is 0 Å². The highest BCUT2D eigenvalue weighted by Gasteiger charge is 2.51. The normalized spacial score (nSPS) is 13.6. The second-order valence-electron chi connectivity index (χ2n) is 29.1. The maximum atomic E-state index is 15.2. The Morgan fingerprint density at radius 3 is 0.479 bits per heavy atom. The highest BCUT2D eigenvalue weighted by atomic mass is 16.7. The third-order valence-electron chi connectivity index (χ3n) is 19.5. The third kappa shape index (κ3) is 20.4. The van der Waals surface area contributed by atoms with Gasteiger partial charge in [0.2, 0.25) is 58.4 Å². The molecule has 12 aromatic carbocycles. The van der Waals surface area contributed by atoms with Gasteiger partial charge in [-0.15, -0.1) is 0 Å². The molecule has 1 aliphatic rings. The highest BCUT2D eigenvalue weighted by Crippen LogP contribution is 2.50. The van der Waals surface area contributed by atoms with Crippen LogP contribution in [-0.2, 0) is 23.7 Å². The molecule has 142 heavy (non-hydrogen) atoms. The Morgan fingerprint density at radius 1 is 0.169 bits per heavy atom. The Hall–Kier alpha value is -21.4. The fraction of sp³-hybridized carbons (Fsp3) is 0.0562. The first-order chi connectivity index (χ1) is 66.8. The molecule has 0 bridgehead atoms. The molecule has 0 saturated carbocycles. The van der Waals surface area contributed by atoms with Gasteiger partial charge >= 0.3 is 71.6 Å². The Labute approximate surface area is 781 Å². The van der Waals surface area contributed by atoms with Crippen molar-refractivity contribution < 1.29 is 262 Å². The van der Waals surface area contributed by atoms with Crippen LogP contribution in [0.1, 0.15) is 124 Å². The molecule has 0 spiro atoms. The van der Waals surface area contributed by atoms with Gasteiger partial charge in [-0.2, -0.15) is 0 Å². The van der Waals surface area contributed by atoms with Crippen molar-refractivity contribution in [1.29, 1.82) is 0 Å². The van der Waals surface area contributed by atoms with Crippen LogP contribution in [0.15, 0.2) is 146 Å². The third-order valence-corrected chi connectivity index (χ3v) is 19.5. The fourth-order valence-electron chi connectivity index (χ4n) is 12.4. The lowest BCUT2D eigenvalue weighted by Gasteiger charge is -2.40. The summed E-state index contributed by atoms with van der Waals surface area (Å²) in [6, 6.07) is 10.8. The van der Waals surface area contributed by atoms with E-state index in [0.29, 0.717) is 140 Å². The van der Waals surface area contributed by atoms with Crippen LogP contribution in [0.4, 0.5) is 0 Å². The minimum absolute atomic E-state index is 0.289. The van der Waals surface area contributed by atoms with Gasteiger partial charge < -0.3 is 205 Å². The summed E-state index contributed by atoms with van der Waals surface area (Å²) < 4.78 is 69.7. The molecular weight excluding hydrogens is 1920 g/mol. The van der Waals surface area contributed by atoms with Crippen LogP contribution in [-0.4, -0.2) is 246 Å². The number of phenolic OH excluding ortho intramolecular Hbond substituents is 28. The van der Waals surface area contributed by atoms with Crippen molar-refractivity contribution in [2.24, 2.45) is 0 Å². The van der Waals surface area contributed by atoms with Crippen LogP contribution >= 0.6 is 0 Å². The van der Waals surface area contributed by atoms with Gasteiger partial charge in [0.15, 0.2) is 173 Å². The number of benzene rings is 12. The summed E-state index contributed by atoms with van der Waals surface area (Å²) in [5.74, 6) is -66.0. The molecule has 4 unspecified atom stereocenters. The maximum Gasteiger partial charge on any atom is 0.343 e. The molecule has 53 nitrogen and oxygen atoms in total. The second kappa shape index (κ2) is 38.7. The molecule has 12 aromatic rings. The number of carbonyl (C=O) groups excluding carboxylic acids is 12. The van der Waals surface area contributed by atoms with Crippen molar-refractivity contribution in [3.8, 4) is 207 Å². The van der Waals surface area contributed by atoms with E-state index < -0.39 is 377 Å². The van der Waals surface area contributed by atoms with E-state index in [4.69, 9.17) is 61.6 Å². The predicted molar refractivity (Wildman–Crippen MR) is 446 cm³/mol. The highest BCUT2D eigenvalue weighted by molar-refractivity contribution is 6.02. The van der Waals surface area contributed by atoms with Gasteiger partial charge in [0, 0.05) is 0 Å². The molecule has 4 atom stereocenters. The van der Waals surface area contributed by atoms with Gasteiger partial charge in [0.1, 0.15) is 0 Å². The SMILES string of the molecule is O=C(Oc1cc(C(=O)Oc2cc(C(=O)OC3COC(OC(=O)c4cc(O)c(O)c(OC(=O)c5cc(O)c(O)c(OC(=O)c6cc(O)c(O)c(O)c6)c5)c4)C(OC(=O)c4cc(O)c(O)c(OC(=O)c5cc(O)c(O)c(OC(=O)c6cc(O)c(O)c(O)c6)c5)c4)C3OC(=O)c3cc(O)c(O)c(OC(=O)c4cc(O)c(O)c(OC(=O)c5cc(O)c(O)c(O)c5)c4)c3)cc(O)c2O)cc(O)c1O)c1cc(O)c(O)c(O)c1. The van der Waals surface area contributed by atoms with Gasteiger partial charge in [-0.05, 0) is 146 Å². The Balaban J connectivity index is 0.880. The summed E-state index contributed by atoms with van der Waals surface area (Å²) in [4.78, 5) is 168. The van der Waals surface area contributed by atoms with Gasteiger partial charge in [0.25, 0.3) is 0 Å². The van der Waals surface area contributed by atoms with Crippen LogP contribution < -0.4 is 37.9 Å². The number of rotatable bonds is 24. The predicted octanol–water partition coefficient (Wildman–Crippen LogP) is 6.39. The molecule has 0 aromatic heterocycles. The van der Waals surface area contributed by atoms with Crippen molar-refractivity contribution in [3.05, 3.63) is 212 Å². The zero-order valence-electron chi connectivity index (χ0n) is 69.6. The molecule has 732 valence electrons. The molecule has 13 rings (SSSR count). The van der Waals surface area contributed by atoms with Crippen molar-refractivity contribution in [2.75, 3.05) is 6.61 Å². The van der Waals surface area contributed by atoms with Crippen molar-refractivity contribution in [3.63, 3.8) is 0 Å². The quantitative estimate of drug-likeness (QED) is 0.0135. The fourth-order valence-corrected chi connectivity index (χ4v) is 12.4. The van der Waals surface area contributed by atoms with E-state index in [1.54, 1.807) is 0 Å². The number of hydrogen-bond donors (Lipinski definition) is 28. The van der Waals surface area contributed by atoms with E-state index in [-0.39, 0.29) is 6.07 Å². The summed E-state index contributed by atoms with van der Waals surface area (Å²) in [6.07, 6.45) is -11.4. The van der Waals surface area contributed by atoms with Gasteiger partial charge in [-0.25, -0.2) is 57.5 Å². The first-order valence-electron chi connectivity index (χ1n) is 38.5. The molecule has 1 heterocycles. The molecule has 1 fully saturated rings. The minimum Gasteiger partial charge on any atom is -0.504 e. The van der Waals surface area contributed by atoms with E-state index in [1.165, 1.54) is 0 Å². The van der Waals surface area contributed by atoms with Crippen LogP contribution in [0, 0.1) is 0 Å². The van der Waals surface area contributed by atoms with E-state index in [9.17, 15) is 191 Å². The van der Waals surface area contributed by atoms with Gasteiger partial charge in [-0.3, -0.25) is 0 Å². The molecule has 53 heteroatoms. The maximum absolute atomic E-state index is 15.2. The summed E-state index contributed by atoms with van der Waals surface area (Å²) in [5.41, 5.74) is -11.4. The zero-order valence-corrected chi connectivity index (χ0v) is 69.6. The Morgan fingerprint density at radius 2 is 0.303 bits per heavy atom. The van der Waals surface area contributed by atoms with Crippen LogP contribution in [0.5, 0.6) is 207 Å². The number of phenols is 28. The standard InChI is InChI=1S/C89H58O53/c90-38-1-26(2-39(91)63(38)106)77(118)131-54-17-30(9-46(98)67(54)110)81(122)135-58-21-34(13-50(102)71(58)114)85(126)139-62-25-130-89(142-88(129)37-16-53(105)74(117)61(24-37)138-84(125)33-12-49(101)70(113)57(20-33)134-80(121)29-7-44(96)66(109)45(97)8-29)76(141-87(128)36-15-52(104)73(116)60(23-36)137-83(124)32-11-48(100)69(112)56(19-32)133-79(120)28-5-42(94)65(108)43(95)6-28)75(62)140-86(127)35-14-51(103)72(115)59(22-35)136-82(123)31-10-47(99)68(111)55(18-31)132-78(119)27-3-40(92)64(107)41(93)4-27/h1-24,62,75-76,89-117H,25H2. The largest absolute Gasteiger partial charge is 0.504 e. The summed E-state index contributed by atoms with van der Waals surface area (Å²) in [5, 5.41) is 294. The van der Waals surface area contributed by atoms with E-state index in [1.807, 2.05) is 0 Å². The van der Waals surface area contributed by atoms with Crippen LogP contribution in [0.3, 0.4) is 0 Å². The summed E-state index contributed by atoms with van der Waals surface area (Å²) in [7, 11) is 0. The Bertz CT molecular complexity index is 6870.